The highest BCUT2D eigenvalue weighted by Crippen LogP contribution is 2.45. The minimum Gasteiger partial charge on any atom is -0.493 e. The molecule has 0 spiro atoms. The summed E-state index contributed by atoms with van der Waals surface area (Å²) in [4.78, 5) is 13.9. The summed E-state index contributed by atoms with van der Waals surface area (Å²) in [6.45, 7) is 9.79. The van der Waals surface area contributed by atoms with Gasteiger partial charge in [-0.25, -0.2) is 0 Å². The molecule has 1 saturated heterocycles. The van der Waals surface area contributed by atoms with Crippen LogP contribution in [0.5, 0.6) is 5.75 Å². The molecular formula is C31H42BrNO3. The number of hydrogen-bond acceptors (Lipinski definition) is 3. The van der Waals surface area contributed by atoms with Crippen molar-refractivity contribution in [3.05, 3.63) is 58.1 Å². The van der Waals surface area contributed by atoms with Crippen molar-refractivity contribution in [1.82, 2.24) is 0 Å². The average molecular weight is 557 g/mol. The number of piperidine rings is 1. The Morgan fingerprint density at radius 2 is 1.86 bits per heavy atom. The molecule has 4 rings (SSSR count). The van der Waals surface area contributed by atoms with Gasteiger partial charge in [-0.15, -0.1) is 0 Å². The Morgan fingerprint density at radius 3 is 2.53 bits per heavy atom. The van der Waals surface area contributed by atoms with Crippen molar-refractivity contribution in [1.29, 1.82) is 0 Å². The van der Waals surface area contributed by atoms with Gasteiger partial charge in [0, 0.05) is 23.2 Å². The van der Waals surface area contributed by atoms with E-state index < -0.39 is 5.97 Å². The number of nitrogens with zero attached hydrogens (tertiary/aromatic N) is 1. The maximum Gasteiger partial charge on any atom is 0.303 e. The zero-order valence-electron chi connectivity index (χ0n) is 22.1. The normalized spacial score (nSPS) is 17.7. The Bertz CT molecular complexity index is 1020. The lowest BCUT2D eigenvalue weighted by Crippen LogP contribution is -2.36. The highest BCUT2D eigenvalue weighted by Gasteiger charge is 2.34. The summed E-state index contributed by atoms with van der Waals surface area (Å²) in [5.41, 5.74) is 4.33. The Labute approximate surface area is 225 Å². The van der Waals surface area contributed by atoms with Crippen LogP contribution in [0.4, 0.5) is 5.69 Å². The Kier molecular flexibility index (Phi) is 9.03. The number of carbonyl (C=O) groups is 1. The molecule has 1 N–H and O–H groups in total. The first-order valence-electron chi connectivity index (χ1n) is 13.7. The van der Waals surface area contributed by atoms with Crippen LogP contribution >= 0.6 is 15.9 Å². The fourth-order valence-electron chi connectivity index (χ4n) is 5.48. The van der Waals surface area contributed by atoms with Crippen molar-refractivity contribution in [2.24, 2.45) is 17.3 Å². The third-order valence-corrected chi connectivity index (χ3v) is 8.23. The molecule has 2 fully saturated rings. The molecule has 0 amide bonds. The van der Waals surface area contributed by atoms with E-state index in [9.17, 15) is 9.90 Å². The largest absolute Gasteiger partial charge is 0.493 e. The van der Waals surface area contributed by atoms with Crippen molar-refractivity contribution < 1.29 is 14.6 Å². The van der Waals surface area contributed by atoms with Crippen LogP contribution < -0.4 is 9.64 Å². The van der Waals surface area contributed by atoms with Crippen molar-refractivity contribution in [3.63, 3.8) is 0 Å². The van der Waals surface area contributed by atoms with Gasteiger partial charge in [0.2, 0.25) is 0 Å². The number of rotatable bonds is 11. The summed E-state index contributed by atoms with van der Waals surface area (Å²) < 4.78 is 7.38. The number of hydrogen-bond donors (Lipinski definition) is 1. The van der Waals surface area contributed by atoms with Gasteiger partial charge in [0.1, 0.15) is 5.75 Å². The lowest BCUT2D eigenvalue weighted by atomic mass is 9.88. The van der Waals surface area contributed by atoms with Gasteiger partial charge in [-0.3, -0.25) is 4.79 Å². The molecule has 1 aliphatic carbocycles. The van der Waals surface area contributed by atoms with Gasteiger partial charge in [-0.2, -0.15) is 0 Å². The highest BCUT2D eigenvalue weighted by molar-refractivity contribution is 9.10. The average Bonchev–Trinajstić information content (AvgIpc) is 3.67. The molecule has 1 atom stereocenters. The fourth-order valence-corrected chi connectivity index (χ4v) is 5.83. The molecule has 36 heavy (non-hydrogen) atoms. The van der Waals surface area contributed by atoms with E-state index >= 15 is 0 Å². The molecule has 1 unspecified atom stereocenters. The van der Waals surface area contributed by atoms with Crippen molar-refractivity contribution in [2.45, 2.75) is 78.1 Å². The van der Waals surface area contributed by atoms with Crippen LogP contribution in [0.15, 0.2) is 46.9 Å². The Morgan fingerprint density at radius 1 is 1.11 bits per heavy atom. The van der Waals surface area contributed by atoms with Gasteiger partial charge in [-0.1, -0.05) is 54.9 Å². The van der Waals surface area contributed by atoms with E-state index in [2.05, 4.69) is 71.9 Å². The van der Waals surface area contributed by atoms with Crippen molar-refractivity contribution in [3.8, 4) is 5.75 Å². The summed E-state index contributed by atoms with van der Waals surface area (Å²) in [6.07, 6.45) is 8.31. The molecule has 196 valence electrons. The number of anilines is 1. The quantitative estimate of drug-likeness (QED) is 0.304. The highest BCUT2D eigenvalue weighted by atomic mass is 79.9. The third-order valence-electron chi connectivity index (χ3n) is 7.73. The summed E-state index contributed by atoms with van der Waals surface area (Å²) >= 11 is 3.69. The lowest BCUT2D eigenvalue weighted by molar-refractivity contribution is -0.137. The van der Waals surface area contributed by atoms with Crippen LogP contribution in [-0.4, -0.2) is 30.8 Å². The van der Waals surface area contributed by atoms with E-state index in [0.29, 0.717) is 17.3 Å². The molecule has 0 aromatic heterocycles. The molecule has 2 aliphatic rings. The van der Waals surface area contributed by atoms with E-state index in [1.54, 1.807) is 0 Å². The van der Waals surface area contributed by atoms with Crippen LogP contribution in [0.3, 0.4) is 0 Å². The smallest absolute Gasteiger partial charge is 0.303 e. The van der Waals surface area contributed by atoms with E-state index in [-0.39, 0.29) is 12.3 Å². The summed E-state index contributed by atoms with van der Waals surface area (Å²) in [6, 6.07) is 14.9. The summed E-state index contributed by atoms with van der Waals surface area (Å²) in [5, 5.41) is 9.34. The number of carboxylic acid groups (broad SMARTS) is 1. The first-order valence-corrected chi connectivity index (χ1v) is 14.5. The predicted molar refractivity (Wildman–Crippen MR) is 151 cm³/mol. The second kappa shape index (κ2) is 12.0. The van der Waals surface area contributed by atoms with Crippen LogP contribution in [0, 0.1) is 17.3 Å². The van der Waals surface area contributed by atoms with Crippen molar-refractivity contribution in [2.75, 3.05) is 24.6 Å². The van der Waals surface area contributed by atoms with Gasteiger partial charge in [0.25, 0.3) is 0 Å². The number of benzene rings is 2. The molecule has 4 nitrogen and oxygen atoms in total. The monoisotopic (exact) mass is 555 g/mol. The Balaban J connectivity index is 1.30. The summed E-state index contributed by atoms with van der Waals surface area (Å²) in [5.74, 6) is 1.32. The second-order valence-corrected chi connectivity index (χ2v) is 13.0. The van der Waals surface area contributed by atoms with Crippen LogP contribution in [0.2, 0.25) is 0 Å². The van der Waals surface area contributed by atoms with E-state index in [4.69, 9.17) is 4.74 Å². The van der Waals surface area contributed by atoms with E-state index in [1.165, 1.54) is 24.1 Å². The van der Waals surface area contributed by atoms with Crippen molar-refractivity contribution >= 4 is 27.6 Å². The number of aryl methyl sites for hydroxylation is 1. The number of ether oxygens (including phenoxy) is 1. The predicted octanol–water partition coefficient (Wildman–Crippen LogP) is 8.08. The van der Waals surface area contributed by atoms with Gasteiger partial charge in [0.15, 0.2) is 0 Å². The lowest BCUT2D eigenvalue weighted by Gasteiger charge is -2.35. The molecule has 0 radical (unpaired) electrons. The molecule has 1 aliphatic heterocycles. The maximum absolute atomic E-state index is 11.4. The molecule has 1 heterocycles. The first kappa shape index (κ1) is 27.0. The van der Waals surface area contributed by atoms with Gasteiger partial charge in [-0.05, 0) is 104 Å². The Hall–Kier alpha value is -2.01. The van der Waals surface area contributed by atoms with Gasteiger partial charge in [0.05, 0.1) is 13.0 Å². The maximum atomic E-state index is 11.4. The van der Waals surface area contributed by atoms with Gasteiger partial charge < -0.3 is 14.7 Å². The topological polar surface area (TPSA) is 49.8 Å². The van der Waals surface area contributed by atoms with Crippen LogP contribution in [0.1, 0.15) is 82.8 Å². The van der Waals surface area contributed by atoms with E-state index in [0.717, 1.165) is 67.6 Å². The minimum absolute atomic E-state index is 0.108. The minimum atomic E-state index is -0.715. The standard InChI is InChI=1S/C31H42BrNO3/c1-31(2,3)15-5-7-24-11-12-26(32)19-29(24)33-16-13-22(14-17-33)21-36-27-8-4-6-25(18-27)28(20-30(34)35)23-9-10-23/h4,6,8,11-12,18-19,22-23,28H,5,7,9-10,13-17,20-21H2,1-3H3,(H,34,35). The SMILES string of the molecule is CC(C)(C)CCCc1ccc(Br)cc1N1CCC(COc2cccc(C(CC(=O)O)C3CC3)c2)CC1. The number of carboxylic acids is 1. The number of aliphatic carboxylic acids is 1. The van der Waals surface area contributed by atoms with Crippen LogP contribution in [0.25, 0.3) is 0 Å². The molecule has 2 aromatic rings. The zero-order valence-corrected chi connectivity index (χ0v) is 23.7. The molecule has 2 aromatic carbocycles. The molecule has 5 heteroatoms. The zero-order chi connectivity index (χ0) is 25.7. The fraction of sp³-hybridized carbons (Fsp3) is 0.581. The van der Waals surface area contributed by atoms with Gasteiger partial charge >= 0.3 is 5.97 Å². The number of halogens is 1. The summed E-state index contributed by atoms with van der Waals surface area (Å²) in [7, 11) is 0. The molecule has 0 bridgehead atoms. The second-order valence-electron chi connectivity index (χ2n) is 12.0. The molecule has 1 saturated carbocycles. The van der Waals surface area contributed by atoms with E-state index in [1.807, 2.05) is 12.1 Å². The third kappa shape index (κ3) is 7.99. The first-order chi connectivity index (χ1) is 17.2. The molecular weight excluding hydrogens is 514 g/mol. The van der Waals surface area contributed by atoms with Crippen LogP contribution in [-0.2, 0) is 11.2 Å².